The zero-order valence-electron chi connectivity index (χ0n) is 17.7. The van der Waals surface area contributed by atoms with Crippen molar-refractivity contribution < 1.29 is 23.8 Å². The second kappa shape index (κ2) is 9.18. The predicted molar refractivity (Wildman–Crippen MR) is 116 cm³/mol. The molecule has 6 heteroatoms. The van der Waals surface area contributed by atoms with Gasteiger partial charge in [-0.3, -0.25) is 4.79 Å². The highest BCUT2D eigenvalue weighted by atomic mass is 16.5. The van der Waals surface area contributed by atoms with E-state index < -0.39 is 5.97 Å². The number of allylic oxidation sites excluding steroid dienone is 1. The van der Waals surface area contributed by atoms with Crippen molar-refractivity contribution in [3.05, 3.63) is 77.0 Å². The highest BCUT2D eigenvalue weighted by Gasteiger charge is 2.38. The molecule has 2 aliphatic rings. The Labute approximate surface area is 181 Å². The summed E-state index contributed by atoms with van der Waals surface area (Å²) in [7, 11) is 1.32. The largest absolute Gasteiger partial charge is 0.465 e. The van der Waals surface area contributed by atoms with Gasteiger partial charge in [0.2, 0.25) is 0 Å². The standard InChI is InChI=1S/C25H25NO5/c1-17-23(25(28)29-2)22(24(27)26(17)16-21-12-7-13-30-21)15-18-8-6-11-20(14-18)31-19-9-4-3-5-10-19/h3-6,8-11,14-15,21H,7,12-13,16H2,1-2H3/b22-15-/t21-/m1/s1. The van der Waals surface area contributed by atoms with Gasteiger partial charge in [-0.05, 0) is 55.7 Å². The van der Waals surface area contributed by atoms with Crippen molar-refractivity contribution in [2.75, 3.05) is 20.3 Å². The third-order valence-corrected chi connectivity index (χ3v) is 5.46. The lowest BCUT2D eigenvalue weighted by Gasteiger charge is -2.21. The first-order chi connectivity index (χ1) is 15.1. The summed E-state index contributed by atoms with van der Waals surface area (Å²) in [6.45, 7) is 2.91. The van der Waals surface area contributed by atoms with Gasteiger partial charge < -0.3 is 19.1 Å². The first kappa shape index (κ1) is 20.9. The van der Waals surface area contributed by atoms with E-state index in [9.17, 15) is 9.59 Å². The summed E-state index contributed by atoms with van der Waals surface area (Å²) in [4.78, 5) is 27.4. The van der Waals surface area contributed by atoms with Gasteiger partial charge in [-0.1, -0.05) is 30.3 Å². The monoisotopic (exact) mass is 419 g/mol. The summed E-state index contributed by atoms with van der Waals surface area (Å²) in [6, 6.07) is 16.9. The molecule has 0 saturated carbocycles. The highest BCUT2D eigenvalue weighted by molar-refractivity contribution is 6.16. The minimum atomic E-state index is -0.524. The molecule has 0 unspecified atom stereocenters. The maximum atomic E-state index is 13.2. The Bertz CT molecular complexity index is 1030. The number of rotatable bonds is 6. The van der Waals surface area contributed by atoms with Crippen LogP contribution in [-0.4, -0.2) is 43.1 Å². The zero-order chi connectivity index (χ0) is 21.8. The zero-order valence-corrected chi connectivity index (χ0v) is 17.7. The van der Waals surface area contributed by atoms with Gasteiger partial charge in [0.1, 0.15) is 11.5 Å². The molecule has 1 amide bonds. The number of carbonyl (C=O) groups is 2. The van der Waals surface area contributed by atoms with Crippen molar-refractivity contribution in [3.63, 3.8) is 0 Å². The van der Waals surface area contributed by atoms with Crippen LogP contribution in [-0.2, 0) is 19.1 Å². The highest BCUT2D eigenvalue weighted by Crippen LogP contribution is 2.33. The van der Waals surface area contributed by atoms with Gasteiger partial charge in [0, 0.05) is 12.3 Å². The predicted octanol–water partition coefficient (Wildman–Crippen LogP) is 4.33. The summed E-state index contributed by atoms with van der Waals surface area (Å²) in [5.74, 6) is 0.618. The smallest absolute Gasteiger partial charge is 0.340 e. The minimum Gasteiger partial charge on any atom is -0.465 e. The Morgan fingerprint density at radius 2 is 1.94 bits per heavy atom. The lowest BCUT2D eigenvalue weighted by atomic mass is 10.0. The maximum Gasteiger partial charge on any atom is 0.340 e. The van der Waals surface area contributed by atoms with E-state index in [1.54, 1.807) is 17.9 Å². The van der Waals surface area contributed by atoms with Crippen molar-refractivity contribution >= 4 is 18.0 Å². The van der Waals surface area contributed by atoms with Crippen molar-refractivity contribution in [1.29, 1.82) is 0 Å². The Hall–Kier alpha value is -3.38. The van der Waals surface area contributed by atoms with Gasteiger partial charge in [-0.15, -0.1) is 0 Å². The number of nitrogens with zero attached hydrogens (tertiary/aromatic N) is 1. The molecular weight excluding hydrogens is 394 g/mol. The first-order valence-corrected chi connectivity index (χ1v) is 10.3. The molecular formula is C25H25NO5. The van der Waals surface area contributed by atoms with Crippen LogP contribution in [0.4, 0.5) is 0 Å². The number of esters is 1. The summed E-state index contributed by atoms with van der Waals surface area (Å²) in [6.07, 6.45) is 3.59. The molecule has 0 spiro atoms. The lowest BCUT2D eigenvalue weighted by Crippen LogP contribution is -2.33. The maximum absolute atomic E-state index is 13.2. The van der Waals surface area contributed by atoms with Crippen molar-refractivity contribution in [3.8, 4) is 11.5 Å². The van der Waals surface area contributed by atoms with Gasteiger partial charge in [-0.25, -0.2) is 4.79 Å². The van der Waals surface area contributed by atoms with Crippen LogP contribution in [0.2, 0.25) is 0 Å². The summed E-state index contributed by atoms with van der Waals surface area (Å²) in [5, 5.41) is 0. The number of hydrogen-bond donors (Lipinski definition) is 0. The van der Waals surface area contributed by atoms with E-state index >= 15 is 0 Å². The van der Waals surface area contributed by atoms with Crippen molar-refractivity contribution in [1.82, 2.24) is 4.90 Å². The van der Waals surface area contributed by atoms with Crippen LogP contribution in [0.5, 0.6) is 11.5 Å². The number of ether oxygens (including phenoxy) is 3. The van der Waals surface area contributed by atoms with Gasteiger partial charge in [0.05, 0.1) is 30.9 Å². The molecule has 2 aromatic rings. The number of hydrogen-bond acceptors (Lipinski definition) is 5. The number of benzene rings is 2. The van der Waals surface area contributed by atoms with Crippen LogP contribution >= 0.6 is 0 Å². The molecule has 2 aromatic carbocycles. The third-order valence-electron chi connectivity index (χ3n) is 5.46. The van der Waals surface area contributed by atoms with Crippen molar-refractivity contribution in [2.24, 2.45) is 0 Å². The molecule has 160 valence electrons. The van der Waals surface area contributed by atoms with Crippen molar-refractivity contribution in [2.45, 2.75) is 25.9 Å². The molecule has 2 heterocycles. The van der Waals surface area contributed by atoms with Crippen LogP contribution < -0.4 is 4.74 Å². The average molecular weight is 419 g/mol. The number of para-hydroxylation sites is 1. The quantitative estimate of drug-likeness (QED) is 0.515. The normalized spacial score (nSPS) is 19.9. The fraction of sp³-hybridized carbons (Fsp3) is 0.280. The summed E-state index contributed by atoms with van der Waals surface area (Å²) < 4.78 is 16.6. The molecule has 1 fully saturated rings. The van der Waals surface area contributed by atoms with Crippen LogP contribution in [0, 0.1) is 0 Å². The average Bonchev–Trinajstić information content (AvgIpc) is 3.37. The number of carbonyl (C=O) groups excluding carboxylic acids is 2. The Morgan fingerprint density at radius 1 is 1.16 bits per heavy atom. The molecule has 0 bridgehead atoms. The molecule has 2 aliphatic heterocycles. The Morgan fingerprint density at radius 3 is 2.65 bits per heavy atom. The van der Waals surface area contributed by atoms with Gasteiger partial charge >= 0.3 is 5.97 Å². The van der Waals surface area contributed by atoms with E-state index in [4.69, 9.17) is 14.2 Å². The summed E-state index contributed by atoms with van der Waals surface area (Å²) in [5.41, 5.74) is 1.96. The fourth-order valence-corrected chi connectivity index (χ4v) is 3.90. The van der Waals surface area contributed by atoms with Gasteiger partial charge in [0.15, 0.2) is 0 Å². The molecule has 0 N–H and O–H groups in total. The van der Waals surface area contributed by atoms with E-state index in [1.807, 2.05) is 54.6 Å². The lowest BCUT2D eigenvalue weighted by molar-refractivity contribution is -0.136. The summed E-state index contributed by atoms with van der Waals surface area (Å²) >= 11 is 0. The number of methoxy groups -OCH3 is 1. The molecule has 0 aliphatic carbocycles. The van der Waals surface area contributed by atoms with E-state index in [1.165, 1.54) is 7.11 Å². The van der Waals surface area contributed by atoms with Crippen LogP contribution in [0.15, 0.2) is 71.4 Å². The SMILES string of the molecule is COC(=O)C1=C(C)N(C[C@H]2CCCO2)C(=O)/C1=C\c1cccc(Oc2ccccc2)c1. The molecule has 0 aromatic heterocycles. The number of amides is 1. The minimum absolute atomic E-state index is 0.0141. The molecule has 1 saturated heterocycles. The van der Waals surface area contributed by atoms with Crippen LogP contribution in [0.1, 0.15) is 25.3 Å². The molecule has 6 nitrogen and oxygen atoms in total. The second-order valence-corrected chi connectivity index (χ2v) is 7.55. The molecule has 4 rings (SSSR count). The van der Waals surface area contributed by atoms with E-state index in [2.05, 4.69) is 0 Å². The fourth-order valence-electron chi connectivity index (χ4n) is 3.90. The molecule has 1 atom stereocenters. The Balaban J connectivity index is 1.64. The molecule has 0 radical (unpaired) electrons. The second-order valence-electron chi connectivity index (χ2n) is 7.55. The van der Waals surface area contributed by atoms with E-state index in [-0.39, 0.29) is 12.0 Å². The molecule has 31 heavy (non-hydrogen) atoms. The van der Waals surface area contributed by atoms with Crippen LogP contribution in [0.3, 0.4) is 0 Å². The third kappa shape index (κ3) is 4.54. The van der Waals surface area contributed by atoms with E-state index in [0.29, 0.717) is 35.7 Å². The van der Waals surface area contributed by atoms with Gasteiger partial charge in [0.25, 0.3) is 5.91 Å². The van der Waals surface area contributed by atoms with Gasteiger partial charge in [-0.2, -0.15) is 0 Å². The Kier molecular flexibility index (Phi) is 6.18. The first-order valence-electron chi connectivity index (χ1n) is 10.3. The van der Waals surface area contributed by atoms with E-state index in [0.717, 1.165) is 24.2 Å². The topological polar surface area (TPSA) is 65.1 Å². The van der Waals surface area contributed by atoms with Crippen LogP contribution in [0.25, 0.3) is 6.08 Å².